The fourth-order valence-electron chi connectivity index (χ4n) is 1.99. The van der Waals surface area contributed by atoms with Crippen molar-refractivity contribution < 1.29 is 4.21 Å². The summed E-state index contributed by atoms with van der Waals surface area (Å²) in [4.78, 5) is 1.36. The maximum absolute atomic E-state index is 11.7. The van der Waals surface area contributed by atoms with Gasteiger partial charge in [0, 0.05) is 33.2 Å². The lowest BCUT2D eigenvalue weighted by atomic mass is 10.1. The van der Waals surface area contributed by atoms with Crippen LogP contribution in [0.15, 0.2) is 11.4 Å². The van der Waals surface area contributed by atoms with E-state index in [-0.39, 0.29) is 0 Å². The number of rotatable bonds is 2. The SMILES string of the molecule is CCC1CS(=O)CC(c2sccc2C)N1. The van der Waals surface area contributed by atoms with Crippen LogP contribution in [0.2, 0.25) is 0 Å². The van der Waals surface area contributed by atoms with Crippen LogP contribution < -0.4 is 5.32 Å². The predicted molar refractivity (Wildman–Crippen MR) is 66.9 cm³/mol. The van der Waals surface area contributed by atoms with Gasteiger partial charge in [-0.2, -0.15) is 0 Å². The summed E-state index contributed by atoms with van der Waals surface area (Å²) in [7, 11) is -0.649. The van der Waals surface area contributed by atoms with Crippen LogP contribution in [0, 0.1) is 6.92 Å². The molecule has 4 heteroatoms. The second-order valence-electron chi connectivity index (χ2n) is 4.07. The molecule has 15 heavy (non-hydrogen) atoms. The molecular weight excluding hydrogens is 226 g/mol. The minimum Gasteiger partial charge on any atom is -0.305 e. The standard InChI is InChI=1S/C11H17NOS2/c1-3-9-6-15(13)7-10(12-9)11-8(2)4-5-14-11/h4-5,9-10,12H,3,6-7H2,1-2H3. The number of nitrogens with one attached hydrogen (secondary N) is 1. The molecule has 1 saturated heterocycles. The van der Waals surface area contributed by atoms with Crippen molar-refractivity contribution in [3.63, 3.8) is 0 Å². The highest BCUT2D eigenvalue weighted by atomic mass is 32.2. The zero-order valence-electron chi connectivity index (χ0n) is 9.16. The molecule has 0 amide bonds. The van der Waals surface area contributed by atoms with E-state index in [0.29, 0.717) is 12.1 Å². The second kappa shape index (κ2) is 4.76. The van der Waals surface area contributed by atoms with Crippen LogP contribution in [0.5, 0.6) is 0 Å². The van der Waals surface area contributed by atoms with Crippen molar-refractivity contribution in [2.75, 3.05) is 11.5 Å². The predicted octanol–water partition coefficient (Wildman–Crippen LogP) is 2.23. The molecule has 0 radical (unpaired) electrons. The molecule has 1 aliphatic rings. The van der Waals surface area contributed by atoms with Gasteiger partial charge in [0.25, 0.3) is 0 Å². The summed E-state index contributed by atoms with van der Waals surface area (Å²) in [6, 6.07) is 2.87. The van der Waals surface area contributed by atoms with Crippen LogP contribution in [-0.2, 0) is 10.8 Å². The van der Waals surface area contributed by atoms with Gasteiger partial charge in [-0.25, -0.2) is 0 Å². The van der Waals surface area contributed by atoms with E-state index in [1.165, 1.54) is 10.4 Å². The van der Waals surface area contributed by atoms with Crippen LogP contribution in [0.1, 0.15) is 29.8 Å². The summed E-state index contributed by atoms with van der Waals surface area (Å²) in [6.45, 7) is 4.28. The third kappa shape index (κ3) is 2.49. The molecule has 1 fully saturated rings. The van der Waals surface area contributed by atoms with Crippen molar-refractivity contribution in [1.82, 2.24) is 5.32 Å². The van der Waals surface area contributed by atoms with Crippen molar-refractivity contribution in [2.24, 2.45) is 0 Å². The zero-order valence-corrected chi connectivity index (χ0v) is 10.8. The molecule has 1 aromatic heterocycles. The maximum Gasteiger partial charge on any atom is 0.0536 e. The van der Waals surface area contributed by atoms with E-state index in [0.717, 1.165) is 17.9 Å². The van der Waals surface area contributed by atoms with E-state index >= 15 is 0 Å². The van der Waals surface area contributed by atoms with Gasteiger partial charge in [0.05, 0.1) is 6.04 Å². The topological polar surface area (TPSA) is 29.1 Å². The summed E-state index contributed by atoms with van der Waals surface area (Å²) in [6.07, 6.45) is 1.06. The average molecular weight is 243 g/mol. The molecule has 2 rings (SSSR count). The van der Waals surface area contributed by atoms with Crippen LogP contribution in [0.4, 0.5) is 0 Å². The van der Waals surface area contributed by atoms with E-state index < -0.39 is 10.8 Å². The Morgan fingerprint density at radius 2 is 2.40 bits per heavy atom. The van der Waals surface area contributed by atoms with Crippen LogP contribution in [-0.4, -0.2) is 21.8 Å². The summed E-state index contributed by atoms with van der Waals surface area (Å²) in [5, 5.41) is 5.71. The van der Waals surface area contributed by atoms with Crippen molar-refractivity contribution in [2.45, 2.75) is 32.4 Å². The van der Waals surface area contributed by atoms with Crippen molar-refractivity contribution in [3.8, 4) is 0 Å². The fourth-order valence-corrected chi connectivity index (χ4v) is 4.63. The number of thiophene rings is 1. The Hall–Kier alpha value is -0.190. The first-order chi connectivity index (χ1) is 7.20. The van der Waals surface area contributed by atoms with Gasteiger partial charge in [-0.05, 0) is 30.4 Å². The van der Waals surface area contributed by atoms with E-state index in [2.05, 4.69) is 30.6 Å². The molecule has 2 nitrogen and oxygen atoms in total. The molecule has 2 heterocycles. The second-order valence-corrected chi connectivity index (χ2v) is 6.56. The third-order valence-corrected chi connectivity index (χ3v) is 5.50. The molecule has 0 aliphatic carbocycles. The molecule has 1 aliphatic heterocycles. The third-order valence-electron chi connectivity index (χ3n) is 2.89. The minimum atomic E-state index is -0.649. The molecule has 0 bridgehead atoms. The minimum absolute atomic E-state index is 0.310. The van der Waals surface area contributed by atoms with E-state index in [4.69, 9.17) is 0 Å². The Balaban J connectivity index is 2.16. The first kappa shape index (κ1) is 11.3. The first-order valence-electron chi connectivity index (χ1n) is 5.35. The fraction of sp³-hybridized carbons (Fsp3) is 0.636. The van der Waals surface area contributed by atoms with Crippen LogP contribution in [0.25, 0.3) is 0 Å². The Bertz CT molecular complexity index is 361. The van der Waals surface area contributed by atoms with Gasteiger partial charge in [-0.15, -0.1) is 11.3 Å². The molecular formula is C11H17NOS2. The molecule has 3 unspecified atom stereocenters. The summed E-state index contributed by atoms with van der Waals surface area (Å²) in [5.74, 6) is 1.59. The molecule has 84 valence electrons. The first-order valence-corrected chi connectivity index (χ1v) is 7.72. The van der Waals surface area contributed by atoms with Crippen molar-refractivity contribution >= 4 is 22.1 Å². The Kier molecular flexibility index (Phi) is 3.59. The lowest BCUT2D eigenvalue weighted by Gasteiger charge is -2.29. The maximum atomic E-state index is 11.7. The van der Waals surface area contributed by atoms with Gasteiger partial charge in [-0.3, -0.25) is 4.21 Å². The van der Waals surface area contributed by atoms with E-state index in [1.807, 2.05) is 0 Å². The Labute approximate surface area is 97.5 Å². The number of aryl methyl sites for hydroxylation is 1. The molecule has 0 aromatic carbocycles. The number of hydrogen-bond donors (Lipinski definition) is 1. The quantitative estimate of drug-likeness (QED) is 0.863. The van der Waals surface area contributed by atoms with Gasteiger partial charge in [-0.1, -0.05) is 6.92 Å². The summed E-state index contributed by atoms with van der Waals surface area (Å²) < 4.78 is 11.7. The number of hydrogen-bond acceptors (Lipinski definition) is 3. The van der Waals surface area contributed by atoms with Crippen molar-refractivity contribution in [1.29, 1.82) is 0 Å². The highest BCUT2D eigenvalue weighted by Gasteiger charge is 2.27. The van der Waals surface area contributed by atoms with E-state index in [1.54, 1.807) is 11.3 Å². The molecule has 3 atom stereocenters. The van der Waals surface area contributed by atoms with Gasteiger partial charge >= 0.3 is 0 Å². The zero-order chi connectivity index (χ0) is 10.8. The van der Waals surface area contributed by atoms with Gasteiger partial charge < -0.3 is 5.32 Å². The van der Waals surface area contributed by atoms with Crippen LogP contribution in [0.3, 0.4) is 0 Å². The Morgan fingerprint density at radius 3 is 3.00 bits per heavy atom. The molecule has 0 saturated carbocycles. The smallest absolute Gasteiger partial charge is 0.0536 e. The summed E-state index contributed by atoms with van der Waals surface area (Å²) >= 11 is 1.77. The van der Waals surface area contributed by atoms with Gasteiger partial charge in [0.2, 0.25) is 0 Å². The van der Waals surface area contributed by atoms with Crippen molar-refractivity contribution in [3.05, 3.63) is 21.9 Å². The average Bonchev–Trinajstić information content (AvgIpc) is 2.63. The van der Waals surface area contributed by atoms with Gasteiger partial charge in [0.15, 0.2) is 0 Å². The van der Waals surface area contributed by atoms with Gasteiger partial charge in [0.1, 0.15) is 0 Å². The Morgan fingerprint density at radius 1 is 1.60 bits per heavy atom. The molecule has 0 spiro atoms. The monoisotopic (exact) mass is 243 g/mol. The highest BCUT2D eigenvalue weighted by molar-refractivity contribution is 7.85. The largest absolute Gasteiger partial charge is 0.305 e. The lowest BCUT2D eigenvalue weighted by molar-refractivity contribution is 0.459. The normalized spacial score (nSPS) is 31.7. The lowest BCUT2D eigenvalue weighted by Crippen LogP contribution is -2.44. The highest BCUT2D eigenvalue weighted by Crippen LogP contribution is 2.27. The van der Waals surface area contributed by atoms with E-state index in [9.17, 15) is 4.21 Å². The van der Waals surface area contributed by atoms with Crippen LogP contribution >= 0.6 is 11.3 Å². The molecule has 1 aromatic rings. The summed E-state index contributed by atoms with van der Waals surface area (Å²) in [5.41, 5.74) is 1.33. The molecule has 1 N–H and O–H groups in total.